The van der Waals surface area contributed by atoms with E-state index in [1.807, 2.05) is 19.1 Å². The molecule has 25 heavy (non-hydrogen) atoms. The Bertz CT molecular complexity index is 862. The van der Waals surface area contributed by atoms with Crippen LogP contribution in [0.5, 0.6) is 0 Å². The highest BCUT2D eigenvalue weighted by atomic mass is 19.1. The molecule has 0 saturated heterocycles. The molecule has 3 rings (SSSR count). The van der Waals surface area contributed by atoms with Crippen molar-refractivity contribution in [2.45, 2.75) is 20.8 Å². The van der Waals surface area contributed by atoms with Gasteiger partial charge in [-0.2, -0.15) is 0 Å². The second-order valence-electron chi connectivity index (χ2n) is 5.87. The summed E-state index contributed by atoms with van der Waals surface area (Å²) in [4.78, 5) is 11.2. The summed E-state index contributed by atoms with van der Waals surface area (Å²) in [6.07, 6.45) is 0. The molecule has 0 amide bonds. The van der Waals surface area contributed by atoms with Gasteiger partial charge in [-0.1, -0.05) is 12.1 Å². The van der Waals surface area contributed by atoms with Crippen LogP contribution < -0.4 is 10.2 Å². The van der Waals surface area contributed by atoms with Crippen molar-refractivity contribution in [1.29, 1.82) is 0 Å². The van der Waals surface area contributed by atoms with Crippen LogP contribution in [-0.4, -0.2) is 16.5 Å². The zero-order valence-electron chi connectivity index (χ0n) is 14.6. The zero-order chi connectivity index (χ0) is 17.8. The van der Waals surface area contributed by atoms with E-state index < -0.39 is 0 Å². The molecule has 4 nitrogen and oxygen atoms in total. The molecule has 0 spiro atoms. The minimum Gasteiger partial charge on any atom is -0.340 e. The average molecular weight is 336 g/mol. The molecule has 5 heteroatoms. The van der Waals surface area contributed by atoms with Gasteiger partial charge in [-0.15, -0.1) is 0 Å². The maximum absolute atomic E-state index is 13.1. The van der Waals surface area contributed by atoms with Gasteiger partial charge in [-0.3, -0.25) is 0 Å². The minimum atomic E-state index is -0.262. The van der Waals surface area contributed by atoms with Crippen LogP contribution in [0, 0.1) is 19.7 Å². The van der Waals surface area contributed by atoms with Crippen molar-refractivity contribution in [1.82, 2.24) is 9.97 Å². The molecule has 2 aromatic carbocycles. The summed E-state index contributed by atoms with van der Waals surface area (Å²) in [6, 6.07) is 16.4. The summed E-state index contributed by atoms with van der Waals surface area (Å²) in [6.45, 7) is 6.82. The second-order valence-corrected chi connectivity index (χ2v) is 5.87. The summed E-state index contributed by atoms with van der Waals surface area (Å²) >= 11 is 0. The van der Waals surface area contributed by atoms with Gasteiger partial charge in [0.2, 0.25) is 0 Å². The lowest BCUT2D eigenvalue weighted by Gasteiger charge is -2.23. The normalized spacial score (nSPS) is 10.6. The largest absolute Gasteiger partial charge is 0.340 e. The van der Waals surface area contributed by atoms with Gasteiger partial charge >= 0.3 is 0 Å². The Morgan fingerprint density at radius 3 is 2.44 bits per heavy atom. The molecule has 0 saturated carbocycles. The van der Waals surface area contributed by atoms with Gasteiger partial charge in [-0.05, 0) is 62.7 Å². The molecule has 0 bridgehead atoms. The van der Waals surface area contributed by atoms with Gasteiger partial charge in [0, 0.05) is 24.0 Å². The molecule has 0 aliphatic heterocycles. The number of nitrogens with zero attached hydrogens (tertiary/aromatic N) is 3. The minimum absolute atomic E-state index is 0.262. The van der Waals surface area contributed by atoms with E-state index in [4.69, 9.17) is 0 Å². The topological polar surface area (TPSA) is 41.0 Å². The van der Waals surface area contributed by atoms with Crippen LogP contribution in [0.1, 0.15) is 18.3 Å². The number of anilines is 4. The number of aryl methyl sites for hydroxylation is 2. The fourth-order valence-corrected chi connectivity index (χ4v) is 2.71. The Balaban J connectivity index is 1.93. The van der Waals surface area contributed by atoms with E-state index in [-0.39, 0.29) is 5.82 Å². The van der Waals surface area contributed by atoms with Gasteiger partial charge < -0.3 is 10.2 Å². The summed E-state index contributed by atoms with van der Waals surface area (Å²) < 4.78 is 13.1. The maximum Gasteiger partial charge on any atom is 0.138 e. The van der Waals surface area contributed by atoms with E-state index in [0.29, 0.717) is 11.6 Å². The summed E-state index contributed by atoms with van der Waals surface area (Å²) in [5.74, 6) is 1.92. The summed E-state index contributed by atoms with van der Waals surface area (Å²) in [5.41, 5.74) is 3.07. The highest BCUT2D eigenvalue weighted by Gasteiger charge is 2.11. The van der Waals surface area contributed by atoms with Gasteiger partial charge in [0.25, 0.3) is 0 Å². The van der Waals surface area contributed by atoms with Gasteiger partial charge in [0.05, 0.1) is 0 Å². The maximum atomic E-state index is 13.1. The third-order valence-corrected chi connectivity index (χ3v) is 3.85. The predicted octanol–water partition coefficient (Wildman–Crippen LogP) is 5.13. The summed E-state index contributed by atoms with van der Waals surface area (Å²) in [5, 5.41) is 3.21. The van der Waals surface area contributed by atoms with Crippen molar-refractivity contribution in [2.24, 2.45) is 0 Å². The number of hydrogen-bond acceptors (Lipinski definition) is 4. The molecule has 0 atom stereocenters. The van der Waals surface area contributed by atoms with E-state index in [1.54, 1.807) is 12.1 Å². The van der Waals surface area contributed by atoms with E-state index >= 15 is 0 Å². The first-order valence-corrected chi connectivity index (χ1v) is 8.27. The smallest absolute Gasteiger partial charge is 0.138 e. The first kappa shape index (κ1) is 16.9. The fourth-order valence-electron chi connectivity index (χ4n) is 2.71. The highest BCUT2D eigenvalue weighted by molar-refractivity contribution is 5.65. The number of aromatic nitrogens is 2. The molecule has 0 radical (unpaired) electrons. The third kappa shape index (κ3) is 4.12. The Hall–Kier alpha value is -2.95. The Labute approximate surface area is 147 Å². The van der Waals surface area contributed by atoms with Crippen molar-refractivity contribution < 1.29 is 4.39 Å². The lowest BCUT2D eigenvalue weighted by atomic mass is 10.2. The van der Waals surface area contributed by atoms with Crippen LogP contribution >= 0.6 is 0 Å². The molecular formula is C20H21FN4. The number of halogens is 1. The molecule has 1 heterocycles. The summed E-state index contributed by atoms with van der Waals surface area (Å²) in [7, 11) is 0. The molecule has 0 unspecified atom stereocenters. The van der Waals surface area contributed by atoms with Crippen LogP contribution in [-0.2, 0) is 0 Å². The lowest BCUT2D eigenvalue weighted by molar-refractivity contribution is 0.628. The van der Waals surface area contributed by atoms with Gasteiger partial charge in [0.15, 0.2) is 0 Å². The monoisotopic (exact) mass is 336 g/mol. The van der Waals surface area contributed by atoms with Crippen molar-refractivity contribution in [3.05, 3.63) is 71.8 Å². The van der Waals surface area contributed by atoms with Gasteiger partial charge in [-0.25, -0.2) is 14.4 Å². The zero-order valence-corrected chi connectivity index (χ0v) is 14.6. The number of rotatable bonds is 5. The molecular weight excluding hydrogens is 315 g/mol. The molecule has 1 aromatic heterocycles. The number of benzene rings is 2. The highest BCUT2D eigenvalue weighted by Crippen LogP contribution is 2.27. The second kappa shape index (κ2) is 7.30. The van der Waals surface area contributed by atoms with E-state index in [9.17, 15) is 4.39 Å². The number of hydrogen-bond donors (Lipinski definition) is 1. The van der Waals surface area contributed by atoms with Gasteiger partial charge in [0.1, 0.15) is 23.3 Å². The van der Waals surface area contributed by atoms with Crippen molar-refractivity contribution in [3.8, 4) is 0 Å². The third-order valence-electron chi connectivity index (χ3n) is 3.85. The average Bonchev–Trinajstić information content (AvgIpc) is 2.57. The fraction of sp³-hybridized carbons (Fsp3) is 0.200. The molecule has 0 aliphatic rings. The van der Waals surface area contributed by atoms with Crippen molar-refractivity contribution in [2.75, 3.05) is 16.8 Å². The standard InChI is InChI=1S/C20H21FN4/c1-4-25(18-7-5-6-14(2)12-18)20-13-19(22-15(3)23-20)24-17-10-8-16(21)9-11-17/h5-13H,4H2,1-3H3,(H,22,23,24). The molecule has 0 fully saturated rings. The van der Waals surface area contributed by atoms with Crippen LogP contribution in [0.3, 0.4) is 0 Å². The van der Waals surface area contributed by atoms with Crippen molar-refractivity contribution in [3.63, 3.8) is 0 Å². The lowest BCUT2D eigenvalue weighted by Crippen LogP contribution is -2.18. The predicted molar refractivity (Wildman–Crippen MR) is 100 cm³/mol. The molecule has 3 aromatic rings. The van der Waals surface area contributed by atoms with E-state index in [1.165, 1.54) is 17.7 Å². The van der Waals surface area contributed by atoms with Crippen LogP contribution in [0.15, 0.2) is 54.6 Å². The van der Waals surface area contributed by atoms with Crippen LogP contribution in [0.2, 0.25) is 0 Å². The first-order valence-electron chi connectivity index (χ1n) is 8.27. The molecule has 128 valence electrons. The molecule has 0 aliphatic carbocycles. The number of nitrogens with one attached hydrogen (secondary N) is 1. The van der Waals surface area contributed by atoms with E-state index in [0.717, 1.165) is 23.7 Å². The SMILES string of the molecule is CCN(c1cccc(C)c1)c1cc(Nc2ccc(F)cc2)nc(C)n1. The molecule has 1 N–H and O–H groups in total. The van der Waals surface area contributed by atoms with Crippen LogP contribution in [0.25, 0.3) is 0 Å². The Morgan fingerprint density at radius 2 is 1.76 bits per heavy atom. The Morgan fingerprint density at radius 1 is 1.00 bits per heavy atom. The quantitative estimate of drug-likeness (QED) is 0.701. The van der Waals surface area contributed by atoms with Crippen LogP contribution in [0.4, 0.5) is 27.4 Å². The van der Waals surface area contributed by atoms with E-state index in [2.05, 4.69) is 52.2 Å². The Kier molecular flexibility index (Phi) is 4.93. The van der Waals surface area contributed by atoms with Crippen molar-refractivity contribution >= 4 is 23.0 Å². The first-order chi connectivity index (χ1) is 12.0.